The summed E-state index contributed by atoms with van der Waals surface area (Å²) in [6.07, 6.45) is 7.65. The van der Waals surface area contributed by atoms with Crippen molar-refractivity contribution < 1.29 is 9.59 Å². The van der Waals surface area contributed by atoms with E-state index in [2.05, 4.69) is 12.2 Å². The van der Waals surface area contributed by atoms with Gasteiger partial charge in [-0.05, 0) is 37.8 Å². The summed E-state index contributed by atoms with van der Waals surface area (Å²) in [5.41, 5.74) is 1.57. The van der Waals surface area contributed by atoms with Gasteiger partial charge in [-0.25, -0.2) is 0 Å². The van der Waals surface area contributed by atoms with Crippen LogP contribution in [0.4, 0.5) is 0 Å². The third-order valence-corrected chi connectivity index (χ3v) is 5.47. The SMILES string of the molecule is CCC(C)NC(=O)C1c2ccccc2C(=O)N1C1CCCCCC1. The quantitative estimate of drug-likeness (QED) is 0.854. The fraction of sp³-hybridized carbons (Fsp3) is 0.600. The molecule has 4 heteroatoms. The zero-order valence-corrected chi connectivity index (χ0v) is 14.8. The Balaban J connectivity index is 1.93. The molecule has 0 aromatic heterocycles. The number of fused-ring (bicyclic) bond motifs is 1. The van der Waals surface area contributed by atoms with Crippen molar-refractivity contribution in [3.05, 3.63) is 35.4 Å². The lowest BCUT2D eigenvalue weighted by molar-refractivity contribution is -0.127. The predicted octanol–water partition coefficient (Wildman–Crippen LogP) is 3.82. The maximum absolute atomic E-state index is 13.0. The average molecular weight is 328 g/mol. The van der Waals surface area contributed by atoms with E-state index in [0.717, 1.165) is 37.7 Å². The zero-order valence-electron chi connectivity index (χ0n) is 14.8. The highest BCUT2D eigenvalue weighted by molar-refractivity contribution is 6.04. The van der Waals surface area contributed by atoms with Crippen LogP contribution in [0.25, 0.3) is 0 Å². The molecule has 130 valence electrons. The van der Waals surface area contributed by atoms with Crippen molar-refractivity contribution in [2.75, 3.05) is 0 Å². The molecule has 0 bridgehead atoms. The van der Waals surface area contributed by atoms with Gasteiger partial charge < -0.3 is 10.2 Å². The van der Waals surface area contributed by atoms with Crippen LogP contribution in [-0.2, 0) is 4.79 Å². The number of carbonyl (C=O) groups excluding carboxylic acids is 2. The third-order valence-electron chi connectivity index (χ3n) is 5.47. The van der Waals surface area contributed by atoms with E-state index in [4.69, 9.17) is 0 Å². The molecule has 2 aliphatic rings. The standard InChI is InChI=1S/C20H28N2O2/c1-3-14(2)21-19(23)18-16-12-8-9-13-17(16)20(24)22(18)15-10-6-4-5-7-11-15/h8-9,12-15,18H,3-7,10-11H2,1-2H3,(H,21,23). The van der Waals surface area contributed by atoms with E-state index in [1.54, 1.807) is 0 Å². The molecule has 2 atom stereocenters. The highest BCUT2D eigenvalue weighted by Crippen LogP contribution is 2.38. The first-order chi connectivity index (χ1) is 11.6. The monoisotopic (exact) mass is 328 g/mol. The van der Waals surface area contributed by atoms with Gasteiger partial charge in [-0.1, -0.05) is 50.8 Å². The highest BCUT2D eigenvalue weighted by Gasteiger charge is 2.44. The maximum atomic E-state index is 13.0. The summed E-state index contributed by atoms with van der Waals surface area (Å²) in [5, 5.41) is 3.08. The van der Waals surface area contributed by atoms with Crippen LogP contribution >= 0.6 is 0 Å². The molecule has 1 aromatic rings. The molecule has 1 fully saturated rings. The number of carbonyl (C=O) groups is 2. The smallest absolute Gasteiger partial charge is 0.255 e. The Morgan fingerprint density at radius 3 is 2.54 bits per heavy atom. The molecule has 2 unspecified atom stereocenters. The fourth-order valence-electron chi connectivity index (χ4n) is 3.94. The first kappa shape index (κ1) is 17.0. The number of amides is 2. The van der Waals surface area contributed by atoms with Crippen LogP contribution in [0.2, 0.25) is 0 Å². The van der Waals surface area contributed by atoms with Gasteiger partial charge in [-0.2, -0.15) is 0 Å². The van der Waals surface area contributed by atoms with Gasteiger partial charge in [-0.3, -0.25) is 9.59 Å². The van der Waals surface area contributed by atoms with E-state index < -0.39 is 6.04 Å². The van der Waals surface area contributed by atoms with Gasteiger partial charge in [0.25, 0.3) is 5.91 Å². The van der Waals surface area contributed by atoms with Gasteiger partial charge >= 0.3 is 0 Å². The molecular formula is C20H28N2O2. The fourth-order valence-corrected chi connectivity index (χ4v) is 3.94. The minimum Gasteiger partial charge on any atom is -0.352 e. The van der Waals surface area contributed by atoms with Crippen molar-refractivity contribution in [2.24, 2.45) is 0 Å². The molecule has 1 aliphatic heterocycles. The zero-order chi connectivity index (χ0) is 17.1. The van der Waals surface area contributed by atoms with Gasteiger partial charge in [0.15, 0.2) is 0 Å². The molecule has 24 heavy (non-hydrogen) atoms. The van der Waals surface area contributed by atoms with Crippen LogP contribution in [0.3, 0.4) is 0 Å². The van der Waals surface area contributed by atoms with Crippen LogP contribution < -0.4 is 5.32 Å². The molecule has 3 rings (SSSR count). The summed E-state index contributed by atoms with van der Waals surface area (Å²) in [6.45, 7) is 4.07. The second-order valence-electron chi connectivity index (χ2n) is 7.17. The molecular weight excluding hydrogens is 300 g/mol. The summed E-state index contributed by atoms with van der Waals surface area (Å²) < 4.78 is 0. The molecule has 1 saturated carbocycles. The van der Waals surface area contributed by atoms with Crippen molar-refractivity contribution in [2.45, 2.75) is 76.9 Å². The number of hydrogen-bond acceptors (Lipinski definition) is 2. The average Bonchev–Trinajstić information content (AvgIpc) is 2.75. The molecule has 2 amide bonds. The van der Waals surface area contributed by atoms with Gasteiger partial charge in [0.05, 0.1) is 0 Å². The second-order valence-corrected chi connectivity index (χ2v) is 7.17. The summed E-state index contributed by atoms with van der Waals surface area (Å²) in [7, 11) is 0. The Labute approximate surface area is 144 Å². The van der Waals surface area contributed by atoms with Crippen molar-refractivity contribution in [1.29, 1.82) is 0 Å². The lowest BCUT2D eigenvalue weighted by Crippen LogP contribution is -2.46. The third kappa shape index (κ3) is 3.19. The van der Waals surface area contributed by atoms with Crippen LogP contribution in [0.15, 0.2) is 24.3 Å². The first-order valence-electron chi connectivity index (χ1n) is 9.35. The van der Waals surface area contributed by atoms with Gasteiger partial charge in [0.1, 0.15) is 6.04 Å². The Kier molecular flexibility index (Phi) is 5.22. The number of hydrogen-bond donors (Lipinski definition) is 1. The van der Waals surface area contributed by atoms with Gasteiger partial charge in [0.2, 0.25) is 5.91 Å². The molecule has 1 aromatic carbocycles. The van der Waals surface area contributed by atoms with Gasteiger partial charge in [0, 0.05) is 17.6 Å². The number of nitrogens with one attached hydrogen (secondary N) is 1. The van der Waals surface area contributed by atoms with Crippen molar-refractivity contribution in [3.8, 4) is 0 Å². The number of nitrogens with zero attached hydrogens (tertiary/aromatic N) is 1. The number of benzene rings is 1. The summed E-state index contributed by atoms with van der Waals surface area (Å²) in [4.78, 5) is 27.9. The highest BCUT2D eigenvalue weighted by atomic mass is 16.2. The normalized spacial score (nSPS) is 22.8. The Bertz CT molecular complexity index is 605. The summed E-state index contributed by atoms with van der Waals surface area (Å²) in [6, 6.07) is 7.44. The summed E-state index contributed by atoms with van der Waals surface area (Å²) >= 11 is 0. The van der Waals surface area contributed by atoms with Gasteiger partial charge in [-0.15, -0.1) is 0 Å². The molecule has 1 heterocycles. The van der Waals surface area contributed by atoms with E-state index in [1.165, 1.54) is 12.8 Å². The van der Waals surface area contributed by atoms with E-state index in [-0.39, 0.29) is 23.9 Å². The Hall–Kier alpha value is -1.84. The van der Waals surface area contributed by atoms with Crippen LogP contribution in [0.5, 0.6) is 0 Å². The maximum Gasteiger partial charge on any atom is 0.255 e. The topological polar surface area (TPSA) is 49.4 Å². The van der Waals surface area contributed by atoms with Crippen LogP contribution in [0.1, 0.15) is 80.8 Å². The van der Waals surface area contributed by atoms with E-state index in [1.807, 2.05) is 36.1 Å². The van der Waals surface area contributed by atoms with Crippen molar-refractivity contribution >= 4 is 11.8 Å². The minimum absolute atomic E-state index is 0.0294. The van der Waals surface area contributed by atoms with E-state index in [0.29, 0.717) is 5.56 Å². The molecule has 1 N–H and O–H groups in total. The molecule has 0 radical (unpaired) electrons. The van der Waals surface area contributed by atoms with Crippen molar-refractivity contribution in [3.63, 3.8) is 0 Å². The first-order valence-corrected chi connectivity index (χ1v) is 9.35. The largest absolute Gasteiger partial charge is 0.352 e. The van der Waals surface area contributed by atoms with Crippen LogP contribution in [-0.4, -0.2) is 28.8 Å². The second kappa shape index (κ2) is 7.37. The van der Waals surface area contributed by atoms with E-state index in [9.17, 15) is 9.59 Å². The lowest BCUT2D eigenvalue weighted by Gasteiger charge is -2.33. The minimum atomic E-state index is -0.467. The van der Waals surface area contributed by atoms with Crippen LogP contribution in [0, 0.1) is 0 Å². The summed E-state index contributed by atoms with van der Waals surface area (Å²) in [5.74, 6) is -0.00583. The lowest BCUT2D eigenvalue weighted by atomic mass is 10.0. The molecule has 0 spiro atoms. The molecule has 0 saturated heterocycles. The van der Waals surface area contributed by atoms with E-state index >= 15 is 0 Å². The van der Waals surface area contributed by atoms with Crippen molar-refractivity contribution in [1.82, 2.24) is 10.2 Å². The Morgan fingerprint density at radius 2 is 1.88 bits per heavy atom. The number of rotatable bonds is 4. The predicted molar refractivity (Wildman–Crippen MR) is 94.7 cm³/mol. The Morgan fingerprint density at radius 1 is 1.21 bits per heavy atom. The molecule has 4 nitrogen and oxygen atoms in total. The molecule has 1 aliphatic carbocycles.